The van der Waals surface area contributed by atoms with Crippen LogP contribution < -0.4 is 0 Å². The Morgan fingerprint density at radius 2 is 1.63 bits per heavy atom. The Balaban J connectivity index is 2.80. The number of rotatable bonds is 8. The van der Waals surface area contributed by atoms with E-state index in [1.807, 2.05) is 6.92 Å². The number of nitrogens with zero attached hydrogens (tertiary/aromatic N) is 1. The van der Waals surface area contributed by atoms with Crippen LogP contribution in [0, 0.1) is 0 Å². The van der Waals surface area contributed by atoms with Gasteiger partial charge in [-0.05, 0) is 45.7 Å². The van der Waals surface area contributed by atoms with Gasteiger partial charge < -0.3 is 4.74 Å². The van der Waals surface area contributed by atoms with Crippen LogP contribution >= 0.6 is 0 Å². The van der Waals surface area contributed by atoms with Crippen molar-refractivity contribution in [1.29, 1.82) is 0 Å². The maximum atomic E-state index is 12.0. The van der Waals surface area contributed by atoms with E-state index in [0.717, 1.165) is 38.8 Å². The fourth-order valence-corrected chi connectivity index (χ4v) is 3.51. The van der Waals surface area contributed by atoms with E-state index >= 15 is 0 Å². The van der Waals surface area contributed by atoms with Gasteiger partial charge in [-0.1, -0.05) is 33.1 Å². The first kappa shape index (κ1) is 16.5. The normalized spacial score (nSPS) is 17.4. The van der Waals surface area contributed by atoms with Crippen LogP contribution in [-0.2, 0) is 9.53 Å². The molecule has 0 spiro atoms. The average molecular weight is 269 g/mol. The van der Waals surface area contributed by atoms with Crippen molar-refractivity contribution in [2.45, 2.75) is 77.7 Å². The molecule has 1 aliphatic rings. The van der Waals surface area contributed by atoms with Crippen LogP contribution in [0.5, 0.6) is 0 Å². The number of carbonyl (C=O) groups is 1. The molecule has 1 aliphatic heterocycles. The summed E-state index contributed by atoms with van der Waals surface area (Å²) >= 11 is 0. The zero-order chi connectivity index (χ0) is 14.1. The molecule has 0 N–H and O–H groups in total. The summed E-state index contributed by atoms with van der Waals surface area (Å²) in [6.45, 7) is 9.13. The highest BCUT2D eigenvalue weighted by atomic mass is 16.5. The fraction of sp³-hybridized carbons (Fsp3) is 0.938. The van der Waals surface area contributed by atoms with Gasteiger partial charge in [0.15, 0.2) is 0 Å². The molecule has 0 aromatic carbocycles. The molecule has 0 aromatic heterocycles. The lowest BCUT2D eigenvalue weighted by atomic mass is 9.82. The molecule has 1 fully saturated rings. The first-order valence-corrected chi connectivity index (χ1v) is 8.09. The average Bonchev–Trinajstić information content (AvgIpc) is 2.40. The predicted molar refractivity (Wildman–Crippen MR) is 79.2 cm³/mol. The second kappa shape index (κ2) is 8.57. The zero-order valence-corrected chi connectivity index (χ0v) is 13.0. The lowest BCUT2D eigenvalue weighted by Crippen LogP contribution is -2.52. The highest BCUT2D eigenvalue weighted by Gasteiger charge is 2.38. The summed E-state index contributed by atoms with van der Waals surface area (Å²) in [4.78, 5) is 14.6. The van der Waals surface area contributed by atoms with Crippen LogP contribution in [-0.4, -0.2) is 36.1 Å². The summed E-state index contributed by atoms with van der Waals surface area (Å²) in [5.41, 5.74) is 0.0518. The van der Waals surface area contributed by atoms with Gasteiger partial charge in [-0.3, -0.25) is 9.69 Å². The lowest BCUT2D eigenvalue weighted by molar-refractivity contribution is -0.147. The molecular weight excluding hydrogens is 238 g/mol. The Hall–Kier alpha value is -0.570. The van der Waals surface area contributed by atoms with Gasteiger partial charge >= 0.3 is 5.97 Å². The third-order valence-electron chi connectivity index (χ3n) is 4.24. The van der Waals surface area contributed by atoms with E-state index in [2.05, 4.69) is 18.7 Å². The van der Waals surface area contributed by atoms with Crippen molar-refractivity contribution in [3.8, 4) is 0 Å². The van der Waals surface area contributed by atoms with E-state index in [9.17, 15) is 4.79 Å². The molecule has 3 heteroatoms. The fourth-order valence-electron chi connectivity index (χ4n) is 3.51. The Labute approximate surface area is 118 Å². The Bertz CT molecular complexity index is 253. The van der Waals surface area contributed by atoms with Gasteiger partial charge in [0.25, 0.3) is 0 Å². The van der Waals surface area contributed by atoms with Gasteiger partial charge in [-0.15, -0.1) is 0 Å². The van der Waals surface area contributed by atoms with Crippen molar-refractivity contribution in [2.75, 3.05) is 19.7 Å². The van der Waals surface area contributed by atoms with E-state index in [1.165, 1.54) is 19.3 Å². The van der Waals surface area contributed by atoms with Gasteiger partial charge in [0.1, 0.15) is 0 Å². The molecule has 3 nitrogen and oxygen atoms in total. The quantitative estimate of drug-likeness (QED) is 0.628. The minimum Gasteiger partial charge on any atom is -0.466 e. The Kier molecular flexibility index (Phi) is 7.44. The number of carbonyl (C=O) groups excluding carboxylic acids is 1. The van der Waals surface area contributed by atoms with E-state index in [0.29, 0.717) is 13.0 Å². The van der Waals surface area contributed by atoms with Crippen molar-refractivity contribution in [2.24, 2.45) is 0 Å². The maximum Gasteiger partial charge on any atom is 0.307 e. The van der Waals surface area contributed by atoms with E-state index in [-0.39, 0.29) is 11.5 Å². The Morgan fingerprint density at radius 1 is 1.05 bits per heavy atom. The number of esters is 1. The second-order valence-corrected chi connectivity index (χ2v) is 5.75. The van der Waals surface area contributed by atoms with Gasteiger partial charge in [0.2, 0.25) is 0 Å². The number of likely N-dealkylation sites (tertiary alicyclic amines) is 1. The van der Waals surface area contributed by atoms with E-state index in [1.54, 1.807) is 0 Å². The smallest absolute Gasteiger partial charge is 0.307 e. The monoisotopic (exact) mass is 269 g/mol. The molecule has 112 valence electrons. The van der Waals surface area contributed by atoms with Gasteiger partial charge in [-0.25, -0.2) is 0 Å². The third kappa shape index (κ3) is 4.79. The summed E-state index contributed by atoms with van der Waals surface area (Å²) < 4.78 is 5.22. The largest absolute Gasteiger partial charge is 0.466 e. The number of ether oxygens (including phenoxy) is 1. The number of hydrogen-bond donors (Lipinski definition) is 0. The molecule has 0 aliphatic carbocycles. The van der Waals surface area contributed by atoms with Gasteiger partial charge in [0.05, 0.1) is 13.0 Å². The second-order valence-electron chi connectivity index (χ2n) is 5.75. The highest BCUT2D eigenvalue weighted by Crippen LogP contribution is 2.33. The van der Waals surface area contributed by atoms with Crippen molar-refractivity contribution >= 4 is 5.97 Å². The predicted octanol–water partition coefficient (Wildman–Crippen LogP) is 3.76. The SMILES string of the molecule is CCCC(CCC)(CC(=O)OCC)N1CCCCC1. The van der Waals surface area contributed by atoms with Crippen LogP contribution in [0.2, 0.25) is 0 Å². The third-order valence-corrected chi connectivity index (χ3v) is 4.24. The van der Waals surface area contributed by atoms with Crippen molar-refractivity contribution in [3.05, 3.63) is 0 Å². The van der Waals surface area contributed by atoms with E-state index in [4.69, 9.17) is 4.74 Å². The van der Waals surface area contributed by atoms with Crippen LogP contribution in [0.3, 0.4) is 0 Å². The molecule has 19 heavy (non-hydrogen) atoms. The Morgan fingerprint density at radius 3 is 2.11 bits per heavy atom. The van der Waals surface area contributed by atoms with Gasteiger partial charge in [-0.2, -0.15) is 0 Å². The zero-order valence-electron chi connectivity index (χ0n) is 13.0. The summed E-state index contributed by atoms with van der Waals surface area (Å²) in [5.74, 6) is -0.0185. The highest BCUT2D eigenvalue weighted by molar-refractivity contribution is 5.70. The van der Waals surface area contributed by atoms with Crippen molar-refractivity contribution in [1.82, 2.24) is 4.90 Å². The van der Waals surface area contributed by atoms with Crippen LogP contribution in [0.15, 0.2) is 0 Å². The molecule has 1 saturated heterocycles. The summed E-state index contributed by atoms with van der Waals surface area (Å²) in [6, 6.07) is 0. The van der Waals surface area contributed by atoms with Crippen LogP contribution in [0.25, 0.3) is 0 Å². The summed E-state index contributed by atoms with van der Waals surface area (Å²) in [6.07, 6.45) is 8.95. The lowest BCUT2D eigenvalue weighted by Gasteiger charge is -2.45. The van der Waals surface area contributed by atoms with Crippen LogP contribution in [0.1, 0.15) is 72.1 Å². The first-order valence-electron chi connectivity index (χ1n) is 8.09. The molecule has 0 saturated carbocycles. The molecular formula is C16H31NO2. The molecule has 0 bridgehead atoms. The van der Waals surface area contributed by atoms with Crippen LogP contribution in [0.4, 0.5) is 0 Å². The van der Waals surface area contributed by atoms with Crippen molar-refractivity contribution < 1.29 is 9.53 Å². The first-order chi connectivity index (χ1) is 9.18. The molecule has 0 atom stereocenters. The molecule has 0 unspecified atom stereocenters. The van der Waals surface area contributed by atoms with Crippen molar-refractivity contribution in [3.63, 3.8) is 0 Å². The van der Waals surface area contributed by atoms with Gasteiger partial charge in [0, 0.05) is 5.54 Å². The molecule has 0 radical (unpaired) electrons. The molecule has 0 amide bonds. The van der Waals surface area contributed by atoms with E-state index < -0.39 is 0 Å². The minimum atomic E-state index is -0.0185. The molecule has 0 aromatic rings. The topological polar surface area (TPSA) is 29.5 Å². The summed E-state index contributed by atoms with van der Waals surface area (Å²) in [5, 5.41) is 0. The maximum absolute atomic E-state index is 12.0. The number of hydrogen-bond acceptors (Lipinski definition) is 3. The number of piperidine rings is 1. The minimum absolute atomic E-state index is 0.0185. The standard InChI is InChI=1S/C16H31NO2/c1-4-10-16(11-5-2,14-15(18)19-6-3)17-12-8-7-9-13-17/h4-14H2,1-3H3. The molecule has 1 heterocycles. The molecule has 1 rings (SSSR count). The summed E-state index contributed by atoms with van der Waals surface area (Å²) in [7, 11) is 0.